The minimum absolute atomic E-state index is 0.467. The van der Waals surface area contributed by atoms with E-state index in [9.17, 15) is 4.79 Å². The zero-order valence-corrected chi connectivity index (χ0v) is 10.4. The number of carbonyl (C=O) groups is 1. The highest BCUT2D eigenvalue weighted by molar-refractivity contribution is 5.69. The molecule has 0 radical (unpaired) electrons. The van der Waals surface area contributed by atoms with Crippen molar-refractivity contribution < 1.29 is 9.53 Å². The molecule has 0 heterocycles. The second kappa shape index (κ2) is 5.40. The quantitative estimate of drug-likeness (QED) is 0.795. The van der Waals surface area contributed by atoms with Gasteiger partial charge >= 0.3 is 6.09 Å². The summed E-state index contributed by atoms with van der Waals surface area (Å²) in [7, 11) is 0. The number of terminal acetylenes is 1. The second-order valence-electron chi connectivity index (χ2n) is 4.66. The van der Waals surface area contributed by atoms with Crippen LogP contribution in [0.1, 0.15) is 32.4 Å². The van der Waals surface area contributed by atoms with Crippen LogP contribution in [0, 0.1) is 12.3 Å². The molecule has 0 unspecified atom stereocenters. The first-order valence-corrected chi connectivity index (χ1v) is 5.43. The van der Waals surface area contributed by atoms with E-state index >= 15 is 0 Å². The first-order chi connectivity index (χ1) is 7.92. The van der Waals surface area contributed by atoms with E-state index in [1.54, 1.807) is 20.8 Å². The summed E-state index contributed by atoms with van der Waals surface area (Å²) >= 11 is 0. The zero-order chi connectivity index (χ0) is 12.9. The fourth-order valence-electron chi connectivity index (χ4n) is 1.29. The first-order valence-electron chi connectivity index (χ1n) is 5.43. The van der Waals surface area contributed by atoms with Crippen molar-refractivity contribution in [1.29, 1.82) is 0 Å². The summed E-state index contributed by atoms with van der Waals surface area (Å²) in [6, 6.07) is 8.90. The lowest BCUT2D eigenvalue weighted by Crippen LogP contribution is -2.34. The van der Waals surface area contributed by atoms with Crippen LogP contribution < -0.4 is 5.32 Å². The second-order valence-corrected chi connectivity index (χ2v) is 4.66. The predicted octanol–water partition coefficient (Wildman–Crippen LogP) is 2.89. The number of nitrogens with one attached hydrogen (secondary N) is 1. The third-order valence-electron chi connectivity index (χ3n) is 1.96. The summed E-state index contributed by atoms with van der Waals surface area (Å²) < 4.78 is 5.15. The van der Waals surface area contributed by atoms with Gasteiger partial charge in [-0.05, 0) is 26.3 Å². The highest BCUT2D eigenvalue weighted by atomic mass is 16.6. The standard InChI is InChI=1S/C14H17NO2/c1-5-12(11-9-7-6-8-10-11)15-13(16)17-14(2,3)4/h1,6-10,12H,2-4H3,(H,15,16)/t12-/m1/s1. The summed E-state index contributed by atoms with van der Waals surface area (Å²) in [6.45, 7) is 5.42. The molecule has 0 saturated heterocycles. The molecule has 3 heteroatoms. The predicted molar refractivity (Wildman–Crippen MR) is 67.4 cm³/mol. The third-order valence-corrected chi connectivity index (χ3v) is 1.96. The molecule has 1 aromatic rings. The smallest absolute Gasteiger partial charge is 0.408 e. The molecular weight excluding hydrogens is 214 g/mol. The Hall–Kier alpha value is -1.95. The number of carbonyl (C=O) groups excluding carboxylic acids is 1. The van der Waals surface area contributed by atoms with Gasteiger partial charge in [0.15, 0.2) is 0 Å². The van der Waals surface area contributed by atoms with Crippen molar-refractivity contribution in [2.75, 3.05) is 0 Å². The highest BCUT2D eigenvalue weighted by Gasteiger charge is 2.19. The molecule has 0 spiro atoms. The molecule has 1 amide bonds. The zero-order valence-electron chi connectivity index (χ0n) is 10.4. The molecule has 0 aliphatic heterocycles. The number of alkyl carbamates (subject to hydrolysis) is 1. The molecule has 17 heavy (non-hydrogen) atoms. The van der Waals surface area contributed by atoms with Crippen LogP contribution in [-0.2, 0) is 4.74 Å². The Bertz CT molecular complexity index is 412. The van der Waals surface area contributed by atoms with E-state index < -0.39 is 17.7 Å². The number of hydrogen-bond donors (Lipinski definition) is 1. The maximum Gasteiger partial charge on any atom is 0.408 e. The van der Waals surface area contributed by atoms with Crippen molar-refractivity contribution in [3.05, 3.63) is 35.9 Å². The van der Waals surface area contributed by atoms with Crippen molar-refractivity contribution >= 4 is 6.09 Å². The molecule has 1 rings (SSSR count). The molecule has 0 saturated carbocycles. The Morgan fingerprint density at radius 2 is 1.94 bits per heavy atom. The van der Waals surface area contributed by atoms with Gasteiger partial charge in [-0.2, -0.15) is 0 Å². The van der Waals surface area contributed by atoms with Crippen LogP contribution in [0.25, 0.3) is 0 Å². The van der Waals surface area contributed by atoms with Gasteiger partial charge in [0.2, 0.25) is 0 Å². The van der Waals surface area contributed by atoms with E-state index in [2.05, 4.69) is 11.2 Å². The van der Waals surface area contributed by atoms with Crippen LogP contribution in [0.4, 0.5) is 4.79 Å². The van der Waals surface area contributed by atoms with E-state index in [1.807, 2.05) is 30.3 Å². The Balaban J connectivity index is 2.67. The molecule has 1 N–H and O–H groups in total. The Kier molecular flexibility index (Phi) is 4.17. The molecule has 0 bridgehead atoms. The highest BCUT2D eigenvalue weighted by Crippen LogP contribution is 2.13. The van der Waals surface area contributed by atoms with Gasteiger partial charge in [0.1, 0.15) is 11.6 Å². The summed E-state index contributed by atoms with van der Waals surface area (Å²) in [5.74, 6) is 2.52. The first kappa shape index (κ1) is 13.1. The minimum atomic E-state index is -0.528. The molecule has 0 aromatic heterocycles. The van der Waals surface area contributed by atoms with Crippen LogP contribution in [0.5, 0.6) is 0 Å². The number of ether oxygens (including phenoxy) is 1. The number of amides is 1. The lowest BCUT2D eigenvalue weighted by molar-refractivity contribution is 0.0516. The number of rotatable bonds is 2. The molecule has 90 valence electrons. The summed E-state index contributed by atoms with van der Waals surface area (Å²) in [4.78, 5) is 11.6. The largest absolute Gasteiger partial charge is 0.444 e. The van der Waals surface area contributed by atoms with E-state index in [0.29, 0.717) is 0 Å². The number of hydrogen-bond acceptors (Lipinski definition) is 2. The van der Waals surface area contributed by atoms with E-state index in [-0.39, 0.29) is 0 Å². The van der Waals surface area contributed by atoms with Crippen molar-refractivity contribution in [3.63, 3.8) is 0 Å². The van der Waals surface area contributed by atoms with Crippen LogP contribution >= 0.6 is 0 Å². The van der Waals surface area contributed by atoms with Gasteiger partial charge in [0.25, 0.3) is 0 Å². The topological polar surface area (TPSA) is 38.3 Å². The van der Waals surface area contributed by atoms with Gasteiger partial charge in [-0.25, -0.2) is 4.79 Å². The van der Waals surface area contributed by atoms with Gasteiger partial charge in [-0.15, -0.1) is 6.42 Å². The Labute approximate surface area is 102 Å². The van der Waals surface area contributed by atoms with Crippen LogP contribution in [0.15, 0.2) is 30.3 Å². The van der Waals surface area contributed by atoms with Crippen molar-refractivity contribution in [1.82, 2.24) is 5.32 Å². The van der Waals surface area contributed by atoms with E-state index in [0.717, 1.165) is 5.56 Å². The lowest BCUT2D eigenvalue weighted by atomic mass is 10.1. The monoisotopic (exact) mass is 231 g/mol. The molecule has 1 aromatic carbocycles. The number of benzene rings is 1. The fourth-order valence-corrected chi connectivity index (χ4v) is 1.29. The van der Waals surface area contributed by atoms with Crippen LogP contribution in [0.2, 0.25) is 0 Å². The maximum absolute atomic E-state index is 11.6. The van der Waals surface area contributed by atoms with Gasteiger partial charge < -0.3 is 10.1 Å². The lowest BCUT2D eigenvalue weighted by Gasteiger charge is -2.21. The minimum Gasteiger partial charge on any atom is -0.444 e. The maximum atomic E-state index is 11.6. The van der Waals surface area contributed by atoms with Crippen LogP contribution in [0.3, 0.4) is 0 Å². The van der Waals surface area contributed by atoms with Gasteiger partial charge in [0.05, 0.1) is 0 Å². The summed E-state index contributed by atoms with van der Waals surface area (Å²) in [5.41, 5.74) is 0.334. The SMILES string of the molecule is C#C[C@@H](NC(=O)OC(C)(C)C)c1ccccc1. The third kappa shape index (κ3) is 4.60. The Morgan fingerprint density at radius 3 is 2.41 bits per heavy atom. The normalized spacial score (nSPS) is 12.4. The fraction of sp³-hybridized carbons (Fsp3) is 0.357. The van der Waals surface area contributed by atoms with Gasteiger partial charge in [-0.1, -0.05) is 36.3 Å². The van der Waals surface area contributed by atoms with E-state index in [4.69, 9.17) is 11.2 Å². The molecule has 0 fully saturated rings. The molecule has 0 aliphatic rings. The summed E-state index contributed by atoms with van der Waals surface area (Å²) in [6.07, 6.45) is 4.89. The average molecular weight is 231 g/mol. The summed E-state index contributed by atoms with van der Waals surface area (Å²) in [5, 5.41) is 2.64. The van der Waals surface area contributed by atoms with Gasteiger partial charge in [0, 0.05) is 0 Å². The van der Waals surface area contributed by atoms with Crippen molar-refractivity contribution in [2.24, 2.45) is 0 Å². The average Bonchev–Trinajstić information content (AvgIpc) is 2.24. The molecule has 1 atom stereocenters. The molecule has 3 nitrogen and oxygen atoms in total. The molecule has 0 aliphatic carbocycles. The van der Waals surface area contributed by atoms with Gasteiger partial charge in [-0.3, -0.25) is 0 Å². The molecular formula is C14H17NO2. The van der Waals surface area contributed by atoms with Crippen molar-refractivity contribution in [3.8, 4) is 12.3 Å². The van der Waals surface area contributed by atoms with Crippen LogP contribution in [-0.4, -0.2) is 11.7 Å². The Morgan fingerprint density at radius 1 is 1.35 bits per heavy atom. The van der Waals surface area contributed by atoms with Crippen molar-refractivity contribution in [2.45, 2.75) is 32.4 Å². The van der Waals surface area contributed by atoms with E-state index in [1.165, 1.54) is 0 Å².